The zero-order valence-electron chi connectivity index (χ0n) is 14.2. The molecule has 0 saturated carbocycles. The molecular weight excluding hydrogens is 304 g/mol. The second-order valence-corrected chi connectivity index (χ2v) is 6.06. The van der Waals surface area contributed by atoms with Gasteiger partial charge in [0.1, 0.15) is 11.4 Å². The van der Waals surface area contributed by atoms with E-state index in [1.54, 1.807) is 19.9 Å². The predicted octanol–water partition coefficient (Wildman–Crippen LogP) is 2.12. The molecule has 0 radical (unpaired) electrons. The first-order valence-corrected chi connectivity index (χ1v) is 7.77. The van der Waals surface area contributed by atoms with Crippen LogP contribution in [-0.4, -0.2) is 20.4 Å². The van der Waals surface area contributed by atoms with Crippen LogP contribution in [0.2, 0.25) is 0 Å². The number of carbonyl (C=O) groups is 1. The molecule has 0 unspecified atom stereocenters. The molecule has 3 aromatic rings. The summed E-state index contributed by atoms with van der Waals surface area (Å²) in [5.41, 5.74) is 4.10. The molecule has 0 saturated heterocycles. The van der Waals surface area contributed by atoms with E-state index in [4.69, 9.17) is 0 Å². The summed E-state index contributed by atoms with van der Waals surface area (Å²) in [7, 11) is 1.97. The fraction of sp³-hybridized carbons (Fsp3) is 0.278. The maximum atomic E-state index is 12.3. The maximum Gasteiger partial charge on any atom is 0.261 e. The van der Waals surface area contributed by atoms with Crippen molar-refractivity contribution in [3.05, 3.63) is 62.8 Å². The van der Waals surface area contributed by atoms with Gasteiger partial charge in [0.15, 0.2) is 0 Å². The summed E-state index contributed by atoms with van der Waals surface area (Å²) in [6.45, 7) is 5.85. The molecule has 2 N–H and O–H groups in total. The van der Waals surface area contributed by atoms with Gasteiger partial charge in [0.25, 0.3) is 11.5 Å². The lowest BCUT2D eigenvalue weighted by Crippen LogP contribution is -2.30. The number of imidazole rings is 1. The Morgan fingerprint density at radius 2 is 2.00 bits per heavy atom. The van der Waals surface area contributed by atoms with Gasteiger partial charge in [-0.1, -0.05) is 6.07 Å². The third-order valence-corrected chi connectivity index (χ3v) is 4.21. The minimum atomic E-state index is -0.369. The number of hydrogen-bond acceptors (Lipinski definition) is 3. The molecule has 6 nitrogen and oxygen atoms in total. The molecule has 124 valence electrons. The van der Waals surface area contributed by atoms with Crippen LogP contribution < -0.4 is 10.9 Å². The van der Waals surface area contributed by atoms with Gasteiger partial charge in [-0.25, -0.2) is 4.98 Å². The number of aryl methyl sites for hydroxylation is 4. The van der Waals surface area contributed by atoms with Crippen molar-refractivity contribution in [3.8, 4) is 0 Å². The zero-order valence-corrected chi connectivity index (χ0v) is 14.2. The Labute approximate surface area is 139 Å². The summed E-state index contributed by atoms with van der Waals surface area (Å²) in [5, 5.41) is 2.81. The second-order valence-electron chi connectivity index (χ2n) is 6.06. The van der Waals surface area contributed by atoms with Crippen LogP contribution in [0, 0.1) is 20.8 Å². The van der Waals surface area contributed by atoms with Gasteiger partial charge >= 0.3 is 0 Å². The Morgan fingerprint density at radius 3 is 2.71 bits per heavy atom. The van der Waals surface area contributed by atoms with Gasteiger partial charge in [-0.3, -0.25) is 9.59 Å². The van der Waals surface area contributed by atoms with Gasteiger partial charge in [-0.2, -0.15) is 0 Å². The Balaban J connectivity index is 1.81. The van der Waals surface area contributed by atoms with Crippen LogP contribution in [0.5, 0.6) is 0 Å². The fourth-order valence-corrected chi connectivity index (χ4v) is 2.88. The van der Waals surface area contributed by atoms with Crippen LogP contribution in [0.3, 0.4) is 0 Å². The van der Waals surface area contributed by atoms with E-state index in [-0.39, 0.29) is 17.0 Å². The van der Waals surface area contributed by atoms with Gasteiger partial charge < -0.3 is 14.9 Å². The van der Waals surface area contributed by atoms with Gasteiger partial charge in [-0.05, 0) is 50.1 Å². The lowest BCUT2D eigenvalue weighted by molar-refractivity contribution is 0.0948. The van der Waals surface area contributed by atoms with Crippen molar-refractivity contribution in [2.45, 2.75) is 27.3 Å². The molecule has 2 aromatic heterocycles. The highest BCUT2D eigenvalue weighted by Crippen LogP contribution is 2.16. The quantitative estimate of drug-likeness (QED) is 0.774. The number of benzene rings is 1. The maximum absolute atomic E-state index is 12.3. The third-order valence-electron chi connectivity index (χ3n) is 4.21. The lowest BCUT2D eigenvalue weighted by Gasteiger charge is -2.08. The largest absolute Gasteiger partial charge is 0.348 e. The monoisotopic (exact) mass is 324 g/mol. The molecule has 2 heterocycles. The molecule has 1 aromatic carbocycles. The fourth-order valence-electron chi connectivity index (χ4n) is 2.88. The molecule has 0 bridgehead atoms. The molecule has 24 heavy (non-hydrogen) atoms. The number of amides is 1. The van der Waals surface area contributed by atoms with Crippen molar-refractivity contribution in [1.29, 1.82) is 0 Å². The van der Waals surface area contributed by atoms with E-state index >= 15 is 0 Å². The Kier molecular flexibility index (Phi) is 3.97. The van der Waals surface area contributed by atoms with Gasteiger partial charge in [0, 0.05) is 19.3 Å². The Bertz CT molecular complexity index is 998. The van der Waals surface area contributed by atoms with E-state index in [1.807, 2.05) is 36.7 Å². The molecule has 0 fully saturated rings. The van der Waals surface area contributed by atoms with Crippen LogP contribution in [0.4, 0.5) is 0 Å². The number of fused-ring (bicyclic) bond motifs is 1. The molecule has 3 rings (SSSR count). The summed E-state index contributed by atoms with van der Waals surface area (Å²) < 4.78 is 2.02. The number of hydrogen-bond donors (Lipinski definition) is 2. The minimum Gasteiger partial charge on any atom is -0.348 e. The number of nitrogens with zero attached hydrogens (tertiary/aromatic N) is 2. The molecule has 0 aliphatic carbocycles. The summed E-state index contributed by atoms with van der Waals surface area (Å²) in [5.74, 6) is 0.569. The number of rotatable bonds is 3. The molecular formula is C18H20N4O2. The molecule has 0 spiro atoms. The smallest absolute Gasteiger partial charge is 0.261 e. The topological polar surface area (TPSA) is 79.8 Å². The van der Waals surface area contributed by atoms with E-state index < -0.39 is 0 Å². The van der Waals surface area contributed by atoms with Crippen molar-refractivity contribution in [2.24, 2.45) is 7.05 Å². The predicted molar refractivity (Wildman–Crippen MR) is 93.2 cm³/mol. The van der Waals surface area contributed by atoms with E-state index in [0.717, 1.165) is 28.1 Å². The van der Waals surface area contributed by atoms with Crippen LogP contribution in [0.1, 0.15) is 33.0 Å². The molecule has 0 atom stereocenters. The van der Waals surface area contributed by atoms with Gasteiger partial charge in [0.05, 0.1) is 11.0 Å². The van der Waals surface area contributed by atoms with Crippen molar-refractivity contribution >= 4 is 16.9 Å². The first-order valence-electron chi connectivity index (χ1n) is 7.77. The van der Waals surface area contributed by atoms with Crippen molar-refractivity contribution in [1.82, 2.24) is 19.9 Å². The first-order chi connectivity index (χ1) is 11.4. The second kappa shape index (κ2) is 5.96. The van der Waals surface area contributed by atoms with E-state index in [1.165, 1.54) is 0 Å². The summed E-state index contributed by atoms with van der Waals surface area (Å²) >= 11 is 0. The van der Waals surface area contributed by atoms with Crippen LogP contribution in [-0.2, 0) is 13.6 Å². The zero-order chi connectivity index (χ0) is 17.4. The van der Waals surface area contributed by atoms with Crippen LogP contribution in [0.25, 0.3) is 11.0 Å². The minimum absolute atomic E-state index is 0.162. The highest BCUT2D eigenvalue weighted by atomic mass is 16.2. The average Bonchev–Trinajstić information content (AvgIpc) is 2.78. The number of pyridine rings is 1. The Hall–Kier alpha value is -2.89. The standard InChI is InChI=1S/C18H20N4O2/c1-10-7-11(2)20-18(24)16(10)17(23)19-9-13-5-6-15-14(8-13)21-12(3)22(15)4/h5-8H,9H2,1-4H3,(H,19,23)(H,20,24). The van der Waals surface area contributed by atoms with Crippen molar-refractivity contribution in [2.75, 3.05) is 0 Å². The Morgan fingerprint density at radius 1 is 1.25 bits per heavy atom. The molecule has 0 aliphatic rings. The van der Waals surface area contributed by atoms with E-state index in [0.29, 0.717) is 12.1 Å². The van der Waals surface area contributed by atoms with Crippen molar-refractivity contribution < 1.29 is 4.79 Å². The number of H-pyrrole nitrogens is 1. The van der Waals surface area contributed by atoms with Gasteiger partial charge in [-0.15, -0.1) is 0 Å². The number of aromatic amines is 1. The van der Waals surface area contributed by atoms with Crippen molar-refractivity contribution in [3.63, 3.8) is 0 Å². The summed E-state index contributed by atoms with van der Waals surface area (Å²) in [6.07, 6.45) is 0. The van der Waals surface area contributed by atoms with Gasteiger partial charge in [0.2, 0.25) is 0 Å². The molecule has 6 heteroatoms. The molecule has 1 amide bonds. The van der Waals surface area contributed by atoms with Crippen LogP contribution >= 0.6 is 0 Å². The third kappa shape index (κ3) is 2.82. The lowest BCUT2D eigenvalue weighted by atomic mass is 10.1. The van der Waals surface area contributed by atoms with E-state index in [2.05, 4.69) is 15.3 Å². The summed E-state index contributed by atoms with van der Waals surface area (Å²) in [4.78, 5) is 31.5. The number of aromatic nitrogens is 3. The van der Waals surface area contributed by atoms with Crippen LogP contribution in [0.15, 0.2) is 29.1 Å². The average molecular weight is 324 g/mol. The SMILES string of the molecule is Cc1cc(C)c(C(=O)NCc2ccc3c(c2)nc(C)n3C)c(=O)[nH]1. The highest BCUT2D eigenvalue weighted by molar-refractivity contribution is 5.95. The summed E-state index contributed by atoms with van der Waals surface area (Å²) in [6, 6.07) is 7.69. The highest BCUT2D eigenvalue weighted by Gasteiger charge is 2.14. The normalized spacial score (nSPS) is 11.0. The first kappa shape index (κ1) is 16.0. The molecule has 0 aliphatic heterocycles. The number of nitrogens with one attached hydrogen (secondary N) is 2. The number of carbonyl (C=O) groups excluding carboxylic acids is 1. The van der Waals surface area contributed by atoms with E-state index in [9.17, 15) is 9.59 Å².